The van der Waals surface area contributed by atoms with Crippen LogP contribution in [0.25, 0.3) is 17.3 Å². The number of carbonyl (C=O) groups is 2. The summed E-state index contributed by atoms with van der Waals surface area (Å²) in [5.74, 6) is -3.03. The second-order valence-electron chi connectivity index (χ2n) is 9.10. The number of aromatic nitrogens is 1. The summed E-state index contributed by atoms with van der Waals surface area (Å²) in [4.78, 5) is 28.2. The lowest BCUT2D eigenvalue weighted by molar-refractivity contribution is -0.132. The summed E-state index contributed by atoms with van der Waals surface area (Å²) >= 11 is 1.15. The zero-order valence-corrected chi connectivity index (χ0v) is 22.6. The molecule has 3 rings (SSSR count). The van der Waals surface area contributed by atoms with E-state index in [-0.39, 0.29) is 22.4 Å². The number of carboxylic acid groups (broad SMARTS) is 1. The molecule has 202 valence electrons. The molecule has 1 unspecified atom stereocenters. The summed E-state index contributed by atoms with van der Waals surface area (Å²) in [6.45, 7) is 5.52. The average molecular weight is 545 g/mol. The number of methoxy groups -OCH3 is 2. The number of hydrogen-bond acceptors (Lipinski definition) is 6. The maximum absolute atomic E-state index is 14.5. The molecule has 0 spiro atoms. The van der Waals surface area contributed by atoms with Gasteiger partial charge in [0.15, 0.2) is 5.13 Å². The molecule has 0 fully saturated rings. The van der Waals surface area contributed by atoms with Gasteiger partial charge >= 0.3 is 5.97 Å². The standard InChI is InChI=1S/C28H30F2N2O5S/c1-15(2)9-10-24(36-4)19-8-6-7-18(25(19)37-5)23-14-38-28(31-23)32-26(33)17-12-21(29)20(22(30)13-17)11-16(3)27(34)35/h6-8,11-15,24H,9-10H2,1-5H3,(H,34,35)(H,31,32,33). The van der Waals surface area contributed by atoms with Crippen LogP contribution in [0.4, 0.5) is 13.9 Å². The van der Waals surface area contributed by atoms with Gasteiger partial charge in [0.05, 0.1) is 18.9 Å². The van der Waals surface area contributed by atoms with E-state index in [2.05, 4.69) is 24.1 Å². The van der Waals surface area contributed by atoms with Crippen molar-refractivity contribution in [2.24, 2.45) is 5.92 Å². The van der Waals surface area contributed by atoms with Crippen LogP contribution in [0.5, 0.6) is 5.75 Å². The number of nitrogens with one attached hydrogen (secondary N) is 1. The van der Waals surface area contributed by atoms with Crippen molar-refractivity contribution in [2.45, 2.75) is 39.7 Å². The molecule has 1 aromatic heterocycles. The molecule has 0 aliphatic rings. The molecular weight excluding hydrogens is 514 g/mol. The Hall–Kier alpha value is -3.63. The maximum Gasteiger partial charge on any atom is 0.331 e. The smallest absolute Gasteiger partial charge is 0.331 e. The Kier molecular flexibility index (Phi) is 9.71. The van der Waals surface area contributed by atoms with E-state index in [1.165, 1.54) is 6.92 Å². The molecule has 0 saturated carbocycles. The first kappa shape index (κ1) is 28.9. The number of benzene rings is 2. The normalized spacial score (nSPS) is 12.5. The number of carbonyl (C=O) groups excluding carboxylic acids is 1. The van der Waals surface area contributed by atoms with Crippen LogP contribution in [-0.2, 0) is 9.53 Å². The predicted octanol–water partition coefficient (Wildman–Crippen LogP) is 6.96. The lowest BCUT2D eigenvalue weighted by Gasteiger charge is -2.21. The second-order valence-corrected chi connectivity index (χ2v) is 9.96. The van der Waals surface area contributed by atoms with Crippen LogP contribution in [0.2, 0.25) is 0 Å². The van der Waals surface area contributed by atoms with E-state index >= 15 is 0 Å². The van der Waals surface area contributed by atoms with Gasteiger partial charge in [0.1, 0.15) is 17.4 Å². The minimum atomic E-state index is -1.30. The molecule has 2 aromatic carbocycles. The van der Waals surface area contributed by atoms with Gasteiger partial charge in [0.25, 0.3) is 5.91 Å². The lowest BCUT2D eigenvalue weighted by atomic mass is 9.96. The average Bonchev–Trinajstić information content (AvgIpc) is 3.34. The van der Waals surface area contributed by atoms with Gasteiger partial charge in [-0.1, -0.05) is 26.0 Å². The number of thiazole rings is 1. The minimum absolute atomic E-state index is 0.160. The first-order chi connectivity index (χ1) is 18.0. The van der Waals surface area contributed by atoms with Gasteiger partial charge in [-0.15, -0.1) is 11.3 Å². The van der Waals surface area contributed by atoms with Gasteiger partial charge in [0.2, 0.25) is 0 Å². The van der Waals surface area contributed by atoms with Crippen LogP contribution in [-0.4, -0.2) is 36.2 Å². The number of nitrogens with zero attached hydrogens (tertiary/aromatic N) is 1. The van der Waals surface area contributed by atoms with Crippen LogP contribution in [0.3, 0.4) is 0 Å². The summed E-state index contributed by atoms with van der Waals surface area (Å²) in [6, 6.07) is 7.39. The van der Waals surface area contributed by atoms with Gasteiger partial charge in [-0.2, -0.15) is 0 Å². The number of hydrogen-bond donors (Lipinski definition) is 2. The Balaban J connectivity index is 1.85. The molecule has 1 amide bonds. The predicted molar refractivity (Wildman–Crippen MR) is 144 cm³/mol. The molecule has 1 atom stereocenters. The number of anilines is 1. The molecule has 0 radical (unpaired) electrons. The van der Waals surface area contributed by atoms with E-state index in [4.69, 9.17) is 14.6 Å². The van der Waals surface area contributed by atoms with Crippen molar-refractivity contribution in [3.63, 3.8) is 0 Å². The number of carboxylic acids is 1. The van der Waals surface area contributed by atoms with E-state index in [9.17, 15) is 18.4 Å². The third kappa shape index (κ3) is 6.81. The van der Waals surface area contributed by atoms with Crippen LogP contribution < -0.4 is 10.1 Å². The highest BCUT2D eigenvalue weighted by atomic mass is 32.1. The number of halogens is 2. The molecule has 0 saturated heterocycles. The van der Waals surface area contributed by atoms with E-state index in [1.54, 1.807) is 19.6 Å². The number of para-hydroxylation sites is 1. The number of ether oxygens (including phenoxy) is 2. The van der Waals surface area contributed by atoms with Crippen molar-refractivity contribution >= 4 is 34.4 Å². The third-order valence-electron chi connectivity index (χ3n) is 5.93. The number of aliphatic carboxylic acids is 1. The first-order valence-corrected chi connectivity index (χ1v) is 12.8. The molecule has 3 aromatic rings. The fourth-order valence-electron chi connectivity index (χ4n) is 3.88. The molecule has 7 nitrogen and oxygen atoms in total. The van der Waals surface area contributed by atoms with Gasteiger partial charge in [-0.25, -0.2) is 18.6 Å². The summed E-state index contributed by atoms with van der Waals surface area (Å²) in [7, 11) is 3.24. The summed E-state index contributed by atoms with van der Waals surface area (Å²) in [6.07, 6.45) is 2.52. The van der Waals surface area contributed by atoms with Crippen LogP contribution >= 0.6 is 11.3 Å². The van der Waals surface area contributed by atoms with Crippen LogP contribution in [0, 0.1) is 17.6 Å². The molecule has 0 bridgehead atoms. The molecule has 2 N–H and O–H groups in total. The highest BCUT2D eigenvalue weighted by Gasteiger charge is 2.21. The topological polar surface area (TPSA) is 97.8 Å². The molecule has 38 heavy (non-hydrogen) atoms. The van der Waals surface area contributed by atoms with Crippen molar-refractivity contribution in [1.29, 1.82) is 0 Å². The summed E-state index contributed by atoms with van der Waals surface area (Å²) < 4.78 is 40.4. The van der Waals surface area contributed by atoms with E-state index in [0.717, 1.165) is 53.5 Å². The fraction of sp³-hybridized carbons (Fsp3) is 0.321. The van der Waals surface area contributed by atoms with Crippen LogP contribution in [0.15, 0.2) is 41.3 Å². The van der Waals surface area contributed by atoms with E-state index < -0.39 is 29.1 Å². The monoisotopic (exact) mass is 544 g/mol. The number of amides is 1. The van der Waals surface area contributed by atoms with Crippen molar-refractivity contribution in [1.82, 2.24) is 4.98 Å². The van der Waals surface area contributed by atoms with Crippen molar-refractivity contribution in [3.05, 3.63) is 69.6 Å². The molecule has 10 heteroatoms. The van der Waals surface area contributed by atoms with Gasteiger partial charge in [0, 0.05) is 40.3 Å². The Labute approximate surface area is 224 Å². The van der Waals surface area contributed by atoms with Crippen molar-refractivity contribution in [3.8, 4) is 17.0 Å². The zero-order chi connectivity index (χ0) is 28.0. The van der Waals surface area contributed by atoms with Gasteiger partial charge < -0.3 is 14.6 Å². The van der Waals surface area contributed by atoms with E-state index in [0.29, 0.717) is 17.4 Å². The van der Waals surface area contributed by atoms with Gasteiger partial charge in [-0.3, -0.25) is 10.1 Å². The van der Waals surface area contributed by atoms with Crippen molar-refractivity contribution in [2.75, 3.05) is 19.5 Å². The second kappa shape index (κ2) is 12.7. The fourth-order valence-corrected chi connectivity index (χ4v) is 4.58. The Morgan fingerprint density at radius 3 is 2.42 bits per heavy atom. The number of rotatable bonds is 11. The first-order valence-electron chi connectivity index (χ1n) is 11.9. The molecule has 1 heterocycles. The van der Waals surface area contributed by atoms with Gasteiger partial charge in [-0.05, 0) is 50.0 Å². The quantitative estimate of drug-likeness (QED) is 0.253. The SMILES string of the molecule is COc1c(-c2csc(NC(=O)c3cc(F)c(C=C(C)C(=O)O)c(F)c3)n2)cccc1C(CCC(C)C)OC. The molecule has 0 aliphatic carbocycles. The molecular formula is C28H30F2N2O5S. The zero-order valence-electron chi connectivity index (χ0n) is 21.8. The minimum Gasteiger partial charge on any atom is -0.496 e. The van der Waals surface area contributed by atoms with Crippen molar-refractivity contribution < 1.29 is 33.0 Å². The largest absolute Gasteiger partial charge is 0.496 e. The highest BCUT2D eigenvalue weighted by molar-refractivity contribution is 7.14. The lowest BCUT2D eigenvalue weighted by Crippen LogP contribution is -2.13. The summed E-state index contributed by atoms with van der Waals surface area (Å²) in [5, 5.41) is 13.5. The Morgan fingerprint density at radius 1 is 1.16 bits per heavy atom. The Bertz CT molecular complexity index is 1330. The maximum atomic E-state index is 14.5. The summed E-state index contributed by atoms with van der Waals surface area (Å²) in [5.41, 5.74) is 1.12. The molecule has 0 aliphatic heterocycles. The highest BCUT2D eigenvalue weighted by Crippen LogP contribution is 2.39. The Morgan fingerprint density at radius 2 is 1.84 bits per heavy atom. The van der Waals surface area contributed by atoms with Crippen LogP contribution in [0.1, 0.15) is 61.2 Å². The van der Waals surface area contributed by atoms with E-state index in [1.807, 2.05) is 18.2 Å². The third-order valence-corrected chi connectivity index (χ3v) is 6.68.